The molecule has 0 aliphatic heterocycles. The number of rotatable bonds is 5. The summed E-state index contributed by atoms with van der Waals surface area (Å²) in [5.41, 5.74) is 2.89. The first kappa shape index (κ1) is 18.7. The highest BCUT2D eigenvalue weighted by Gasteiger charge is 2.30. The molecule has 0 saturated heterocycles. The van der Waals surface area contributed by atoms with Gasteiger partial charge >= 0.3 is 0 Å². The van der Waals surface area contributed by atoms with Crippen LogP contribution in [0, 0.1) is 16.7 Å². The zero-order valence-electron chi connectivity index (χ0n) is 15.5. The lowest BCUT2D eigenvalue weighted by atomic mass is 9.71. The third kappa shape index (κ3) is 4.27. The van der Waals surface area contributed by atoms with E-state index in [4.69, 9.17) is 10.8 Å². The first-order chi connectivity index (χ1) is 11.9. The number of amidine groups is 2. The molecule has 4 heteroatoms. The number of para-hydroxylation sites is 2. The quantitative estimate of drug-likeness (QED) is 0.431. The number of nitrogens with one attached hydrogen (secondary N) is 4. The molecule has 0 spiro atoms. The molecule has 4 nitrogen and oxygen atoms in total. The van der Waals surface area contributed by atoms with Crippen LogP contribution in [0.5, 0.6) is 0 Å². The van der Waals surface area contributed by atoms with E-state index >= 15 is 0 Å². The summed E-state index contributed by atoms with van der Waals surface area (Å²) >= 11 is 0. The maximum absolute atomic E-state index is 8.25. The molecule has 132 valence electrons. The molecule has 2 aromatic carbocycles. The van der Waals surface area contributed by atoms with Crippen LogP contribution >= 0.6 is 0 Å². The van der Waals surface area contributed by atoms with Gasteiger partial charge in [-0.25, -0.2) is 0 Å². The van der Waals surface area contributed by atoms with Crippen molar-refractivity contribution < 1.29 is 0 Å². The number of benzene rings is 2. The Bertz CT molecular complexity index is 737. The van der Waals surface area contributed by atoms with E-state index in [-0.39, 0.29) is 17.1 Å². The van der Waals surface area contributed by atoms with Crippen LogP contribution in [-0.2, 0) is 5.41 Å². The summed E-state index contributed by atoms with van der Waals surface area (Å²) in [6, 6.07) is 17.6. The van der Waals surface area contributed by atoms with Crippen LogP contribution in [0.3, 0.4) is 0 Å². The molecule has 0 bridgehead atoms. The summed E-state index contributed by atoms with van der Waals surface area (Å²) in [7, 11) is 0. The molecule has 4 N–H and O–H groups in total. The molecule has 2 rings (SSSR count). The lowest BCUT2D eigenvalue weighted by Crippen LogP contribution is -2.32. The zero-order valence-corrected chi connectivity index (χ0v) is 15.5. The minimum Gasteiger partial charge on any atom is -0.338 e. The van der Waals surface area contributed by atoms with E-state index in [2.05, 4.69) is 44.4 Å². The average Bonchev–Trinajstić information content (AvgIpc) is 2.62. The molecule has 0 aromatic heterocycles. The van der Waals surface area contributed by atoms with Gasteiger partial charge in [-0.15, -0.1) is 0 Å². The summed E-state index contributed by atoms with van der Waals surface area (Å²) < 4.78 is 0. The van der Waals surface area contributed by atoms with Crippen molar-refractivity contribution >= 4 is 23.0 Å². The summed E-state index contributed by atoms with van der Waals surface area (Å²) in [5.74, 6) is 0.568. The average molecular weight is 336 g/mol. The topological polar surface area (TPSA) is 71.8 Å². The number of hydrogen-bond acceptors (Lipinski definition) is 2. The Morgan fingerprint density at radius 1 is 0.920 bits per heavy atom. The Morgan fingerprint density at radius 3 is 2.08 bits per heavy atom. The molecule has 0 amide bonds. The smallest absolute Gasteiger partial charge is 0.165 e. The van der Waals surface area contributed by atoms with Gasteiger partial charge in [0.15, 0.2) is 11.7 Å². The molecule has 0 aliphatic carbocycles. The highest BCUT2D eigenvalue weighted by atomic mass is 15.1. The maximum Gasteiger partial charge on any atom is 0.165 e. The van der Waals surface area contributed by atoms with E-state index in [1.807, 2.05) is 48.5 Å². The Labute approximate surface area is 150 Å². The monoisotopic (exact) mass is 336 g/mol. The standard InChI is InChI=1S/C21H28N4/c1-5-21(4,15(2)3)17-13-9-10-14-18(17)25-20(23)19(22)24-16-11-7-6-8-12-16/h6-15H,5H2,1-4H3,(H2,22,24)(H2,23,25). The van der Waals surface area contributed by atoms with E-state index in [0.29, 0.717) is 5.92 Å². The molecule has 2 aromatic rings. The molecule has 0 radical (unpaired) electrons. The largest absolute Gasteiger partial charge is 0.338 e. The first-order valence-electron chi connectivity index (χ1n) is 8.74. The Kier molecular flexibility index (Phi) is 5.97. The van der Waals surface area contributed by atoms with Crippen LogP contribution in [0.25, 0.3) is 0 Å². The molecule has 0 fully saturated rings. The highest BCUT2D eigenvalue weighted by molar-refractivity contribution is 6.46. The molecule has 1 atom stereocenters. The van der Waals surface area contributed by atoms with Gasteiger partial charge in [0.1, 0.15) is 0 Å². The second kappa shape index (κ2) is 7.97. The van der Waals surface area contributed by atoms with E-state index in [0.717, 1.165) is 17.8 Å². The van der Waals surface area contributed by atoms with Crippen LogP contribution in [-0.4, -0.2) is 11.7 Å². The predicted octanol–water partition coefficient (Wildman–Crippen LogP) is 5.49. The van der Waals surface area contributed by atoms with Crippen molar-refractivity contribution in [3.05, 3.63) is 60.2 Å². The minimum absolute atomic E-state index is 0.0128. The maximum atomic E-state index is 8.25. The summed E-state index contributed by atoms with van der Waals surface area (Å²) in [6.45, 7) is 8.91. The third-order valence-corrected chi connectivity index (χ3v) is 5.10. The van der Waals surface area contributed by atoms with Crippen molar-refractivity contribution in [2.45, 2.75) is 39.5 Å². The van der Waals surface area contributed by atoms with Crippen molar-refractivity contribution in [3.63, 3.8) is 0 Å². The van der Waals surface area contributed by atoms with Gasteiger partial charge in [0.25, 0.3) is 0 Å². The van der Waals surface area contributed by atoms with Gasteiger partial charge in [-0.2, -0.15) is 0 Å². The fourth-order valence-electron chi connectivity index (χ4n) is 2.93. The van der Waals surface area contributed by atoms with E-state index in [1.54, 1.807) is 0 Å². The summed E-state index contributed by atoms with van der Waals surface area (Å²) in [4.78, 5) is 0. The first-order valence-corrected chi connectivity index (χ1v) is 8.74. The molecule has 25 heavy (non-hydrogen) atoms. The SMILES string of the molecule is CCC(C)(c1ccccc1NC(=N)C(=N)Nc1ccccc1)C(C)C. The summed E-state index contributed by atoms with van der Waals surface area (Å²) in [6.07, 6.45) is 1.01. The van der Waals surface area contributed by atoms with Crippen LogP contribution in [0.2, 0.25) is 0 Å². The molecule has 0 aliphatic rings. The second-order valence-electron chi connectivity index (χ2n) is 6.84. The van der Waals surface area contributed by atoms with Crippen molar-refractivity contribution in [1.82, 2.24) is 0 Å². The van der Waals surface area contributed by atoms with E-state index in [1.165, 1.54) is 5.56 Å². The summed E-state index contributed by atoms with van der Waals surface area (Å²) in [5, 5.41) is 22.5. The highest BCUT2D eigenvalue weighted by Crippen LogP contribution is 2.39. The van der Waals surface area contributed by atoms with Gasteiger partial charge in [0.2, 0.25) is 0 Å². The molecule has 0 heterocycles. The molecule has 0 saturated carbocycles. The second-order valence-corrected chi connectivity index (χ2v) is 6.84. The third-order valence-electron chi connectivity index (χ3n) is 5.10. The van der Waals surface area contributed by atoms with E-state index in [9.17, 15) is 0 Å². The molecular formula is C21H28N4. The van der Waals surface area contributed by atoms with Gasteiger partial charge < -0.3 is 10.6 Å². The van der Waals surface area contributed by atoms with Gasteiger partial charge in [-0.3, -0.25) is 10.8 Å². The van der Waals surface area contributed by atoms with Crippen molar-refractivity contribution in [2.75, 3.05) is 10.6 Å². The van der Waals surface area contributed by atoms with Gasteiger partial charge in [-0.05, 0) is 41.5 Å². The lowest BCUT2D eigenvalue weighted by Gasteiger charge is -2.35. The fraction of sp³-hybridized carbons (Fsp3) is 0.333. The van der Waals surface area contributed by atoms with Crippen LogP contribution < -0.4 is 10.6 Å². The molecular weight excluding hydrogens is 308 g/mol. The van der Waals surface area contributed by atoms with Crippen molar-refractivity contribution in [2.24, 2.45) is 5.92 Å². The van der Waals surface area contributed by atoms with Crippen LogP contribution in [0.1, 0.15) is 39.7 Å². The van der Waals surface area contributed by atoms with Gasteiger partial charge in [-0.1, -0.05) is 64.1 Å². The molecule has 1 unspecified atom stereocenters. The predicted molar refractivity (Wildman–Crippen MR) is 108 cm³/mol. The van der Waals surface area contributed by atoms with Crippen molar-refractivity contribution in [1.29, 1.82) is 10.8 Å². The van der Waals surface area contributed by atoms with Crippen molar-refractivity contribution in [3.8, 4) is 0 Å². The van der Waals surface area contributed by atoms with Gasteiger partial charge in [0.05, 0.1) is 0 Å². The number of hydrogen-bond donors (Lipinski definition) is 4. The Morgan fingerprint density at radius 2 is 1.48 bits per heavy atom. The van der Waals surface area contributed by atoms with E-state index < -0.39 is 0 Å². The zero-order chi connectivity index (χ0) is 18.4. The lowest BCUT2D eigenvalue weighted by molar-refractivity contribution is 0.327. The Balaban J connectivity index is 2.20. The Hall–Kier alpha value is -2.62. The minimum atomic E-state index is 0.0128. The van der Waals surface area contributed by atoms with Gasteiger partial charge in [0, 0.05) is 11.4 Å². The van der Waals surface area contributed by atoms with Crippen LogP contribution in [0.15, 0.2) is 54.6 Å². The fourth-order valence-corrected chi connectivity index (χ4v) is 2.93. The normalized spacial score (nSPS) is 13.2. The number of anilines is 2. The van der Waals surface area contributed by atoms with Crippen LogP contribution in [0.4, 0.5) is 11.4 Å².